The zero-order valence-corrected chi connectivity index (χ0v) is 14.9. The maximum absolute atomic E-state index is 13.8. The maximum atomic E-state index is 13.8. The normalized spacial score (nSPS) is 24.2. The Kier molecular flexibility index (Phi) is 5.01. The lowest BCUT2D eigenvalue weighted by Crippen LogP contribution is -2.47. The number of hydrogen-bond acceptors (Lipinski definition) is 4. The molecular weight excluding hydrogens is 319 g/mol. The second kappa shape index (κ2) is 7.40. The number of H-pyrrole nitrogens is 1. The van der Waals surface area contributed by atoms with Crippen molar-refractivity contribution in [3.05, 3.63) is 29.8 Å². The van der Waals surface area contributed by atoms with E-state index in [0.717, 1.165) is 70.1 Å². The number of para-hydroxylation sites is 1. The highest BCUT2D eigenvalue weighted by Crippen LogP contribution is 2.28. The van der Waals surface area contributed by atoms with Gasteiger partial charge in [-0.25, -0.2) is 9.37 Å². The number of halogens is 1. The molecule has 136 valence electrons. The van der Waals surface area contributed by atoms with Crippen LogP contribution in [0, 0.1) is 5.82 Å². The van der Waals surface area contributed by atoms with Crippen molar-refractivity contribution in [2.45, 2.75) is 31.7 Å². The minimum absolute atomic E-state index is 0.239. The van der Waals surface area contributed by atoms with Crippen molar-refractivity contribution in [2.24, 2.45) is 0 Å². The molecule has 0 spiro atoms. The van der Waals surface area contributed by atoms with E-state index >= 15 is 0 Å². The first-order chi connectivity index (χ1) is 12.2. The van der Waals surface area contributed by atoms with Crippen molar-refractivity contribution in [3.63, 3.8) is 0 Å². The van der Waals surface area contributed by atoms with Gasteiger partial charge in [-0.1, -0.05) is 6.07 Å². The largest absolute Gasteiger partial charge is 0.379 e. The Morgan fingerprint density at radius 3 is 2.84 bits per heavy atom. The molecule has 0 amide bonds. The Morgan fingerprint density at radius 1 is 1.24 bits per heavy atom. The molecule has 1 N–H and O–H groups in total. The highest BCUT2D eigenvalue weighted by atomic mass is 19.1. The molecule has 0 saturated carbocycles. The van der Waals surface area contributed by atoms with Crippen molar-refractivity contribution >= 4 is 11.0 Å². The van der Waals surface area contributed by atoms with Gasteiger partial charge in [0.1, 0.15) is 11.3 Å². The van der Waals surface area contributed by atoms with Gasteiger partial charge in [0, 0.05) is 31.6 Å². The van der Waals surface area contributed by atoms with Gasteiger partial charge in [-0.15, -0.1) is 0 Å². The number of fused-ring (bicyclic) bond motifs is 1. The van der Waals surface area contributed by atoms with Gasteiger partial charge in [0.25, 0.3) is 0 Å². The van der Waals surface area contributed by atoms with Gasteiger partial charge in [0.15, 0.2) is 5.82 Å². The number of morpholine rings is 1. The molecule has 1 aromatic carbocycles. The van der Waals surface area contributed by atoms with Gasteiger partial charge < -0.3 is 14.6 Å². The molecule has 2 saturated heterocycles. The molecular formula is C19H27FN4O. The van der Waals surface area contributed by atoms with E-state index in [1.165, 1.54) is 6.07 Å². The molecule has 5 nitrogen and oxygen atoms in total. The number of ether oxygens (including phenoxy) is 1. The van der Waals surface area contributed by atoms with Crippen molar-refractivity contribution in [3.8, 4) is 0 Å². The van der Waals surface area contributed by atoms with Crippen LogP contribution in [-0.4, -0.2) is 71.7 Å². The third-order valence-corrected chi connectivity index (χ3v) is 5.66. The van der Waals surface area contributed by atoms with Crippen LogP contribution in [0.25, 0.3) is 11.0 Å². The third kappa shape index (κ3) is 3.71. The molecule has 1 unspecified atom stereocenters. The number of hydrogen-bond donors (Lipinski definition) is 1. The summed E-state index contributed by atoms with van der Waals surface area (Å²) >= 11 is 0. The number of nitrogens with one attached hydrogen (secondary N) is 1. The number of aromatic amines is 1. The lowest BCUT2D eigenvalue weighted by atomic mass is 9.96. The van der Waals surface area contributed by atoms with Crippen molar-refractivity contribution in [2.75, 3.05) is 45.9 Å². The number of piperidine rings is 1. The molecule has 2 fully saturated rings. The number of aromatic nitrogens is 2. The first-order valence-corrected chi connectivity index (χ1v) is 9.39. The van der Waals surface area contributed by atoms with Crippen molar-refractivity contribution < 1.29 is 9.13 Å². The average molecular weight is 346 g/mol. The lowest BCUT2D eigenvalue weighted by Gasteiger charge is -2.36. The molecule has 0 radical (unpaired) electrons. The van der Waals surface area contributed by atoms with Gasteiger partial charge >= 0.3 is 0 Å². The molecule has 2 aliphatic rings. The van der Waals surface area contributed by atoms with Crippen LogP contribution < -0.4 is 0 Å². The Balaban J connectivity index is 1.31. The van der Waals surface area contributed by atoms with Gasteiger partial charge in [-0.2, -0.15) is 0 Å². The van der Waals surface area contributed by atoms with Gasteiger partial charge in [0.2, 0.25) is 0 Å². The number of imidazole rings is 1. The van der Waals surface area contributed by atoms with Crippen LogP contribution in [0.3, 0.4) is 0 Å². The van der Waals surface area contributed by atoms with E-state index in [2.05, 4.69) is 26.7 Å². The molecule has 6 heteroatoms. The van der Waals surface area contributed by atoms with E-state index in [1.54, 1.807) is 6.07 Å². The van der Waals surface area contributed by atoms with Crippen LogP contribution in [0.15, 0.2) is 18.2 Å². The maximum Gasteiger partial charge on any atom is 0.151 e. The minimum atomic E-state index is -0.239. The molecule has 4 rings (SSSR count). The predicted molar refractivity (Wildman–Crippen MR) is 96.3 cm³/mol. The van der Waals surface area contributed by atoms with Crippen LogP contribution in [0.1, 0.15) is 31.5 Å². The standard InChI is InChI=1S/C19H27FN4O/c1-14-13-25-12-11-24(14)10-9-23-7-5-15(6-8-23)19-21-17-4-2-3-16(20)18(17)22-19/h2-4,14-15H,5-13H2,1H3,(H,21,22). The molecule has 3 heterocycles. The van der Waals surface area contributed by atoms with E-state index in [4.69, 9.17) is 4.74 Å². The summed E-state index contributed by atoms with van der Waals surface area (Å²) in [7, 11) is 0. The predicted octanol–water partition coefficient (Wildman–Crippen LogP) is 2.60. The number of benzene rings is 1. The molecule has 2 aromatic rings. The molecule has 1 atom stereocenters. The summed E-state index contributed by atoms with van der Waals surface area (Å²) in [6, 6.07) is 5.63. The topological polar surface area (TPSA) is 44.4 Å². The number of likely N-dealkylation sites (tertiary alicyclic amines) is 1. The van der Waals surface area contributed by atoms with E-state index in [0.29, 0.717) is 17.5 Å². The van der Waals surface area contributed by atoms with E-state index in [1.807, 2.05) is 6.07 Å². The summed E-state index contributed by atoms with van der Waals surface area (Å²) in [6.45, 7) is 9.40. The first kappa shape index (κ1) is 16.9. The Labute approximate surface area is 148 Å². The van der Waals surface area contributed by atoms with Crippen LogP contribution in [0.4, 0.5) is 4.39 Å². The lowest BCUT2D eigenvalue weighted by molar-refractivity contribution is -0.00490. The van der Waals surface area contributed by atoms with Crippen molar-refractivity contribution in [1.82, 2.24) is 19.8 Å². The molecule has 1 aromatic heterocycles. The van der Waals surface area contributed by atoms with E-state index < -0.39 is 0 Å². The highest BCUT2D eigenvalue weighted by molar-refractivity contribution is 5.75. The molecule has 25 heavy (non-hydrogen) atoms. The summed E-state index contributed by atoms with van der Waals surface area (Å²) in [5.41, 5.74) is 1.28. The monoisotopic (exact) mass is 346 g/mol. The minimum Gasteiger partial charge on any atom is -0.379 e. The Bertz CT molecular complexity index is 711. The molecule has 0 bridgehead atoms. The highest BCUT2D eigenvalue weighted by Gasteiger charge is 2.25. The second-order valence-corrected chi connectivity index (χ2v) is 7.33. The van der Waals surface area contributed by atoms with Crippen LogP contribution in [0.5, 0.6) is 0 Å². The van der Waals surface area contributed by atoms with Gasteiger partial charge in [0.05, 0.1) is 18.7 Å². The molecule has 2 aliphatic heterocycles. The van der Waals surface area contributed by atoms with Crippen LogP contribution in [0.2, 0.25) is 0 Å². The van der Waals surface area contributed by atoms with E-state index in [9.17, 15) is 4.39 Å². The molecule has 0 aliphatic carbocycles. The third-order valence-electron chi connectivity index (χ3n) is 5.66. The SMILES string of the molecule is CC1COCCN1CCN1CCC(c2nc3c(F)cccc3[nH]2)CC1. The fourth-order valence-electron chi connectivity index (χ4n) is 4.00. The van der Waals surface area contributed by atoms with E-state index in [-0.39, 0.29) is 5.82 Å². The zero-order valence-electron chi connectivity index (χ0n) is 14.9. The smallest absolute Gasteiger partial charge is 0.151 e. The second-order valence-electron chi connectivity index (χ2n) is 7.33. The summed E-state index contributed by atoms with van der Waals surface area (Å²) < 4.78 is 19.3. The Morgan fingerprint density at radius 2 is 2.08 bits per heavy atom. The summed E-state index contributed by atoms with van der Waals surface area (Å²) in [5, 5.41) is 0. The van der Waals surface area contributed by atoms with Crippen LogP contribution in [-0.2, 0) is 4.74 Å². The summed E-state index contributed by atoms with van der Waals surface area (Å²) in [4.78, 5) is 12.9. The summed E-state index contributed by atoms with van der Waals surface area (Å²) in [6.07, 6.45) is 2.17. The number of nitrogens with zero attached hydrogens (tertiary/aromatic N) is 3. The zero-order chi connectivity index (χ0) is 17.2. The van der Waals surface area contributed by atoms with Crippen molar-refractivity contribution in [1.29, 1.82) is 0 Å². The first-order valence-electron chi connectivity index (χ1n) is 9.39. The fourth-order valence-corrected chi connectivity index (χ4v) is 4.00. The van der Waals surface area contributed by atoms with Gasteiger partial charge in [-0.3, -0.25) is 4.90 Å². The number of rotatable bonds is 4. The summed E-state index contributed by atoms with van der Waals surface area (Å²) in [5.74, 6) is 1.11. The fraction of sp³-hybridized carbons (Fsp3) is 0.632. The average Bonchev–Trinajstić information content (AvgIpc) is 3.07. The van der Waals surface area contributed by atoms with Gasteiger partial charge in [-0.05, 0) is 45.0 Å². The quantitative estimate of drug-likeness (QED) is 0.924. The Hall–Kier alpha value is -1.50. The van der Waals surface area contributed by atoms with Crippen LogP contribution >= 0.6 is 0 Å².